The zero-order valence-electron chi connectivity index (χ0n) is 16.0. The fourth-order valence-corrected chi connectivity index (χ4v) is 6.24. The maximum atomic E-state index is 4.83. The predicted molar refractivity (Wildman–Crippen MR) is 121 cm³/mol. The quantitative estimate of drug-likeness (QED) is 0.353. The molecule has 0 fully saturated rings. The summed E-state index contributed by atoms with van der Waals surface area (Å²) in [7, 11) is 0. The number of allylic oxidation sites excluding steroid dienone is 3. The third-order valence-electron chi connectivity index (χ3n) is 5.33. The number of aryl methyl sites for hydroxylation is 1. The molecule has 0 spiro atoms. The monoisotopic (exact) mass is 403 g/mol. The third-order valence-corrected chi connectivity index (χ3v) is 7.48. The van der Waals surface area contributed by atoms with Crippen LogP contribution in [0.15, 0.2) is 65.8 Å². The molecule has 2 heterocycles. The number of hydrogen-bond donors (Lipinski definition) is 0. The van der Waals surface area contributed by atoms with E-state index in [-0.39, 0.29) is 0 Å². The van der Waals surface area contributed by atoms with Crippen molar-refractivity contribution in [3.05, 3.63) is 75.8 Å². The minimum Gasteiger partial charge on any atom is -0.241 e. The fourth-order valence-electron chi connectivity index (χ4n) is 4.01. The van der Waals surface area contributed by atoms with E-state index in [4.69, 9.17) is 4.98 Å². The van der Waals surface area contributed by atoms with Crippen LogP contribution in [0.2, 0.25) is 0 Å². The average molecular weight is 404 g/mol. The maximum absolute atomic E-state index is 4.83. The van der Waals surface area contributed by atoms with Gasteiger partial charge in [-0.3, -0.25) is 0 Å². The Morgan fingerprint density at radius 3 is 2.68 bits per heavy atom. The van der Waals surface area contributed by atoms with Crippen molar-refractivity contribution in [1.29, 1.82) is 0 Å². The second-order valence-corrected chi connectivity index (χ2v) is 9.46. The van der Waals surface area contributed by atoms with Crippen LogP contribution in [0.4, 0.5) is 0 Å². The van der Waals surface area contributed by atoms with Gasteiger partial charge in [-0.2, -0.15) is 4.57 Å². The molecule has 4 heteroatoms. The number of hydrogen-bond acceptors (Lipinski definition) is 3. The summed E-state index contributed by atoms with van der Waals surface area (Å²) in [5.74, 6) is 0. The third kappa shape index (κ3) is 3.43. The lowest BCUT2D eigenvalue weighted by molar-refractivity contribution is -0.665. The average Bonchev–Trinajstić information content (AvgIpc) is 3.28. The largest absolute Gasteiger partial charge is 0.263 e. The summed E-state index contributed by atoms with van der Waals surface area (Å²) in [5.41, 5.74) is 5.44. The highest BCUT2D eigenvalue weighted by Crippen LogP contribution is 2.30. The lowest BCUT2D eigenvalue weighted by Gasteiger charge is -2.14. The summed E-state index contributed by atoms with van der Waals surface area (Å²) < 4.78 is 5.09. The van der Waals surface area contributed by atoms with Crippen LogP contribution in [0.3, 0.4) is 0 Å². The summed E-state index contributed by atoms with van der Waals surface area (Å²) in [5, 5.41) is 2.59. The summed E-state index contributed by atoms with van der Waals surface area (Å²) in [6.07, 6.45) is 9.41. The van der Waals surface area contributed by atoms with E-state index in [1.807, 2.05) is 22.7 Å². The summed E-state index contributed by atoms with van der Waals surface area (Å²) in [6, 6.07) is 17.2. The molecule has 28 heavy (non-hydrogen) atoms. The smallest absolute Gasteiger partial charge is 0.241 e. The molecule has 0 atom stereocenters. The number of thiazole rings is 2. The van der Waals surface area contributed by atoms with E-state index in [1.54, 1.807) is 0 Å². The van der Waals surface area contributed by atoms with Gasteiger partial charge in [0.25, 0.3) is 5.01 Å². The Labute approximate surface area is 173 Å². The van der Waals surface area contributed by atoms with Gasteiger partial charge in [0.15, 0.2) is 0 Å². The molecule has 0 saturated heterocycles. The highest BCUT2D eigenvalue weighted by Gasteiger charge is 2.18. The first-order chi connectivity index (χ1) is 13.8. The van der Waals surface area contributed by atoms with Gasteiger partial charge in [0.2, 0.25) is 5.52 Å². The van der Waals surface area contributed by atoms with Crippen molar-refractivity contribution in [3.63, 3.8) is 0 Å². The van der Waals surface area contributed by atoms with Gasteiger partial charge >= 0.3 is 0 Å². The van der Waals surface area contributed by atoms with E-state index < -0.39 is 0 Å². The van der Waals surface area contributed by atoms with Crippen LogP contribution in [0.25, 0.3) is 26.5 Å². The Bertz CT molecular complexity index is 1180. The SMILES string of the molecule is CC[n+]1c(C=C2C=C(Cc3nc4ccccc4s3)CCC2)sc2ccccc21. The van der Waals surface area contributed by atoms with E-state index in [1.165, 1.54) is 55.3 Å². The molecule has 0 N–H and O–H groups in total. The Balaban J connectivity index is 1.45. The fraction of sp³-hybridized carbons (Fsp3) is 0.250. The molecule has 2 nitrogen and oxygen atoms in total. The molecule has 2 aromatic heterocycles. The molecule has 0 aliphatic heterocycles. The van der Waals surface area contributed by atoms with Gasteiger partial charge in [-0.05, 0) is 50.0 Å². The topological polar surface area (TPSA) is 16.8 Å². The van der Waals surface area contributed by atoms with E-state index in [0.717, 1.165) is 18.5 Å². The normalized spacial score (nSPS) is 16.2. The molecule has 0 unspecified atom stereocenters. The van der Waals surface area contributed by atoms with Gasteiger partial charge in [0.05, 0.1) is 15.2 Å². The standard InChI is InChI=1S/C24H23N2S2/c1-2-26-20-11-4-6-13-22(20)28-24(26)16-18-9-7-8-17(14-18)15-23-25-19-10-3-5-12-21(19)27-23/h3-6,10-14,16H,2,7-9,15H2,1H3/q+1. The summed E-state index contributed by atoms with van der Waals surface area (Å²) in [6.45, 7) is 3.24. The Kier molecular flexibility index (Phi) is 4.83. The van der Waals surface area contributed by atoms with Crippen LogP contribution in [-0.2, 0) is 13.0 Å². The highest BCUT2D eigenvalue weighted by molar-refractivity contribution is 7.19. The molecular weight excluding hydrogens is 380 g/mol. The number of aromatic nitrogens is 2. The first kappa shape index (κ1) is 17.8. The molecule has 2 aromatic carbocycles. The summed E-state index contributed by atoms with van der Waals surface area (Å²) >= 11 is 3.73. The molecule has 0 bridgehead atoms. The minimum atomic E-state index is 0.983. The van der Waals surface area contributed by atoms with Crippen molar-refractivity contribution < 1.29 is 4.57 Å². The van der Waals surface area contributed by atoms with Crippen LogP contribution >= 0.6 is 22.7 Å². The maximum Gasteiger partial charge on any atom is 0.263 e. The van der Waals surface area contributed by atoms with Crippen LogP contribution < -0.4 is 4.57 Å². The van der Waals surface area contributed by atoms with Gasteiger partial charge in [0, 0.05) is 18.6 Å². The molecule has 4 aromatic rings. The van der Waals surface area contributed by atoms with E-state index in [0.29, 0.717) is 0 Å². The van der Waals surface area contributed by atoms with Crippen LogP contribution in [0.5, 0.6) is 0 Å². The number of para-hydroxylation sites is 2. The molecule has 140 valence electrons. The summed E-state index contributed by atoms with van der Waals surface area (Å²) in [4.78, 5) is 4.83. The second kappa shape index (κ2) is 7.61. The Morgan fingerprint density at radius 1 is 1.00 bits per heavy atom. The first-order valence-electron chi connectivity index (χ1n) is 9.96. The van der Waals surface area contributed by atoms with Crippen molar-refractivity contribution in [2.24, 2.45) is 0 Å². The van der Waals surface area contributed by atoms with Gasteiger partial charge < -0.3 is 0 Å². The zero-order valence-corrected chi connectivity index (χ0v) is 17.7. The van der Waals surface area contributed by atoms with Crippen LogP contribution in [0.1, 0.15) is 36.2 Å². The van der Waals surface area contributed by atoms with Gasteiger partial charge in [-0.15, -0.1) is 11.3 Å². The van der Waals surface area contributed by atoms with Crippen molar-refractivity contribution in [3.8, 4) is 0 Å². The molecule has 0 radical (unpaired) electrons. The van der Waals surface area contributed by atoms with Crippen molar-refractivity contribution in [1.82, 2.24) is 4.98 Å². The lowest BCUT2D eigenvalue weighted by atomic mass is 9.93. The van der Waals surface area contributed by atoms with Crippen molar-refractivity contribution in [2.75, 3.05) is 0 Å². The van der Waals surface area contributed by atoms with E-state index in [9.17, 15) is 0 Å². The van der Waals surface area contributed by atoms with Crippen molar-refractivity contribution >= 4 is 49.2 Å². The minimum absolute atomic E-state index is 0.983. The van der Waals surface area contributed by atoms with Gasteiger partial charge in [-0.1, -0.05) is 47.3 Å². The zero-order chi connectivity index (χ0) is 18.9. The molecule has 5 rings (SSSR count). The predicted octanol–water partition coefficient (Wildman–Crippen LogP) is 6.55. The highest BCUT2D eigenvalue weighted by atomic mass is 32.1. The molecule has 1 aliphatic rings. The molecular formula is C24H23N2S2+. The van der Waals surface area contributed by atoms with Gasteiger partial charge in [0.1, 0.15) is 11.2 Å². The van der Waals surface area contributed by atoms with Crippen LogP contribution in [0, 0.1) is 0 Å². The number of nitrogens with zero attached hydrogens (tertiary/aromatic N) is 2. The molecule has 0 amide bonds. The second-order valence-electron chi connectivity index (χ2n) is 7.28. The number of benzene rings is 2. The van der Waals surface area contributed by atoms with Crippen LogP contribution in [-0.4, -0.2) is 4.98 Å². The number of rotatable bonds is 4. The van der Waals surface area contributed by atoms with Gasteiger partial charge in [-0.25, -0.2) is 4.98 Å². The lowest BCUT2D eigenvalue weighted by Crippen LogP contribution is -2.33. The van der Waals surface area contributed by atoms with E-state index >= 15 is 0 Å². The Hall–Kier alpha value is -2.30. The first-order valence-corrected chi connectivity index (χ1v) is 11.6. The van der Waals surface area contributed by atoms with E-state index in [2.05, 4.69) is 72.2 Å². The number of fused-ring (bicyclic) bond motifs is 2. The molecule has 1 aliphatic carbocycles. The van der Waals surface area contributed by atoms with Crippen molar-refractivity contribution in [2.45, 2.75) is 39.2 Å². The Morgan fingerprint density at radius 2 is 1.82 bits per heavy atom. The molecule has 0 saturated carbocycles.